The molecule has 0 fully saturated rings. The van der Waals surface area contributed by atoms with Crippen LogP contribution >= 0.6 is 11.8 Å². The van der Waals surface area contributed by atoms with Gasteiger partial charge in [0, 0.05) is 31.2 Å². The second-order valence-electron chi connectivity index (χ2n) is 3.52. The van der Waals surface area contributed by atoms with Gasteiger partial charge in [-0.15, -0.1) is 0 Å². The van der Waals surface area contributed by atoms with E-state index in [-0.39, 0.29) is 0 Å². The van der Waals surface area contributed by atoms with Gasteiger partial charge in [0.15, 0.2) is 5.16 Å². The normalized spacial score (nSPS) is 10.7. The lowest BCUT2D eigenvalue weighted by Gasteiger charge is -2.04. The molecule has 2 N–H and O–H groups in total. The topological polar surface area (TPSA) is 70.3 Å². The van der Waals surface area contributed by atoms with Crippen LogP contribution in [-0.4, -0.2) is 42.7 Å². The summed E-state index contributed by atoms with van der Waals surface area (Å²) in [5.74, 6) is 1.45. The third-order valence-corrected chi connectivity index (χ3v) is 2.88. The SMILES string of the molecule is COCCOCCCSc1nc(C)cc(N)n1. The molecule has 0 atom stereocenters. The molecule has 0 saturated heterocycles. The standard InChI is InChI=1S/C11H19N3O2S/c1-9-8-10(12)14-11(13-9)17-7-3-4-16-6-5-15-2/h8H,3-7H2,1-2H3,(H2,12,13,14). The molecule has 0 aliphatic carbocycles. The molecule has 0 spiro atoms. The minimum atomic E-state index is 0.524. The van der Waals surface area contributed by atoms with Crippen molar-refractivity contribution in [2.24, 2.45) is 0 Å². The number of anilines is 1. The molecule has 1 aromatic rings. The Kier molecular flexibility index (Phi) is 6.91. The smallest absolute Gasteiger partial charge is 0.189 e. The van der Waals surface area contributed by atoms with Gasteiger partial charge < -0.3 is 15.2 Å². The number of aryl methyl sites for hydroxylation is 1. The summed E-state index contributed by atoms with van der Waals surface area (Å²) in [5, 5.41) is 0.736. The quantitative estimate of drug-likeness (QED) is 0.432. The lowest BCUT2D eigenvalue weighted by Crippen LogP contribution is -2.04. The Bertz CT molecular complexity index is 316. The van der Waals surface area contributed by atoms with E-state index in [4.69, 9.17) is 15.2 Å². The minimum absolute atomic E-state index is 0.524. The number of thioether (sulfide) groups is 1. The summed E-state index contributed by atoms with van der Waals surface area (Å²) in [4.78, 5) is 8.44. The van der Waals surface area contributed by atoms with Gasteiger partial charge in [-0.05, 0) is 13.3 Å². The first-order valence-electron chi connectivity index (χ1n) is 5.53. The number of nitrogen functional groups attached to an aromatic ring is 1. The third kappa shape index (κ3) is 6.45. The Labute approximate surface area is 106 Å². The summed E-state index contributed by atoms with van der Waals surface area (Å²) in [7, 11) is 1.67. The van der Waals surface area contributed by atoms with Gasteiger partial charge in [0.2, 0.25) is 0 Å². The second kappa shape index (κ2) is 8.27. The van der Waals surface area contributed by atoms with Crippen molar-refractivity contribution in [3.63, 3.8) is 0 Å². The van der Waals surface area contributed by atoms with E-state index in [1.165, 1.54) is 0 Å². The van der Waals surface area contributed by atoms with E-state index in [0.717, 1.165) is 29.6 Å². The number of ether oxygens (including phenoxy) is 2. The van der Waals surface area contributed by atoms with Crippen LogP contribution in [0.15, 0.2) is 11.2 Å². The predicted molar refractivity (Wildman–Crippen MR) is 69.2 cm³/mol. The molecule has 0 unspecified atom stereocenters. The monoisotopic (exact) mass is 257 g/mol. The molecule has 5 nitrogen and oxygen atoms in total. The zero-order valence-electron chi connectivity index (χ0n) is 10.3. The highest BCUT2D eigenvalue weighted by molar-refractivity contribution is 7.99. The lowest BCUT2D eigenvalue weighted by molar-refractivity contribution is 0.0713. The molecule has 17 heavy (non-hydrogen) atoms. The van der Waals surface area contributed by atoms with Gasteiger partial charge in [0.05, 0.1) is 13.2 Å². The number of hydrogen-bond donors (Lipinski definition) is 1. The first-order chi connectivity index (χ1) is 8.22. The van der Waals surface area contributed by atoms with E-state index in [2.05, 4.69) is 9.97 Å². The molecule has 96 valence electrons. The van der Waals surface area contributed by atoms with Crippen LogP contribution in [0.1, 0.15) is 12.1 Å². The summed E-state index contributed by atoms with van der Waals surface area (Å²) in [6.07, 6.45) is 0.964. The molecular formula is C11H19N3O2S. The number of aromatic nitrogens is 2. The van der Waals surface area contributed by atoms with E-state index in [0.29, 0.717) is 19.0 Å². The van der Waals surface area contributed by atoms with Gasteiger partial charge in [-0.1, -0.05) is 11.8 Å². The zero-order valence-corrected chi connectivity index (χ0v) is 11.1. The molecule has 0 aliphatic rings. The summed E-state index contributed by atoms with van der Waals surface area (Å²) in [6, 6.07) is 1.76. The average molecular weight is 257 g/mol. The number of rotatable bonds is 8. The number of methoxy groups -OCH3 is 1. The average Bonchev–Trinajstić information content (AvgIpc) is 2.26. The van der Waals surface area contributed by atoms with E-state index < -0.39 is 0 Å². The molecule has 1 rings (SSSR count). The molecule has 1 heterocycles. The molecule has 1 aromatic heterocycles. The first kappa shape index (κ1) is 14.2. The van der Waals surface area contributed by atoms with Crippen LogP contribution in [0.2, 0.25) is 0 Å². The largest absolute Gasteiger partial charge is 0.384 e. The number of hydrogen-bond acceptors (Lipinski definition) is 6. The van der Waals surface area contributed by atoms with Crippen LogP contribution in [-0.2, 0) is 9.47 Å². The van der Waals surface area contributed by atoms with Crippen molar-refractivity contribution in [1.82, 2.24) is 9.97 Å². The second-order valence-corrected chi connectivity index (χ2v) is 4.59. The maximum atomic E-state index is 5.64. The zero-order chi connectivity index (χ0) is 12.5. The Morgan fingerprint density at radius 2 is 2.12 bits per heavy atom. The highest BCUT2D eigenvalue weighted by atomic mass is 32.2. The molecule has 0 aromatic carbocycles. The maximum absolute atomic E-state index is 5.64. The van der Waals surface area contributed by atoms with Crippen molar-refractivity contribution < 1.29 is 9.47 Å². The molecular weight excluding hydrogens is 238 g/mol. The van der Waals surface area contributed by atoms with Gasteiger partial charge in [-0.25, -0.2) is 9.97 Å². The summed E-state index contributed by atoms with van der Waals surface area (Å²) in [6.45, 7) is 3.94. The molecule has 0 amide bonds. The first-order valence-corrected chi connectivity index (χ1v) is 6.51. The van der Waals surface area contributed by atoms with Crippen molar-refractivity contribution in [2.75, 3.05) is 38.4 Å². The molecule has 6 heteroatoms. The fourth-order valence-corrected chi connectivity index (χ4v) is 2.02. The minimum Gasteiger partial charge on any atom is -0.384 e. The van der Waals surface area contributed by atoms with Crippen molar-refractivity contribution in [3.05, 3.63) is 11.8 Å². The van der Waals surface area contributed by atoms with E-state index >= 15 is 0 Å². The van der Waals surface area contributed by atoms with Gasteiger partial charge in [0.1, 0.15) is 5.82 Å². The van der Waals surface area contributed by atoms with E-state index in [1.807, 2.05) is 6.92 Å². The highest BCUT2D eigenvalue weighted by Crippen LogP contribution is 2.15. The number of nitrogens with two attached hydrogens (primary N) is 1. The lowest BCUT2D eigenvalue weighted by atomic mass is 10.4. The van der Waals surface area contributed by atoms with E-state index in [9.17, 15) is 0 Å². The number of nitrogens with zero attached hydrogens (tertiary/aromatic N) is 2. The Balaban J connectivity index is 2.13. The van der Waals surface area contributed by atoms with Crippen LogP contribution in [0.5, 0.6) is 0 Å². The van der Waals surface area contributed by atoms with Crippen molar-refractivity contribution in [3.8, 4) is 0 Å². The Morgan fingerprint density at radius 3 is 2.82 bits per heavy atom. The summed E-state index contributed by atoms with van der Waals surface area (Å²) < 4.78 is 10.2. The fraction of sp³-hybridized carbons (Fsp3) is 0.636. The van der Waals surface area contributed by atoms with Crippen molar-refractivity contribution in [1.29, 1.82) is 0 Å². The van der Waals surface area contributed by atoms with Gasteiger partial charge >= 0.3 is 0 Å². The summed E-state index contributed by atoms with van der Waals surface area (Å²) in [5.41, 5.74) is 6.54. The van der Waals surface area contributed by atoms with Gasteiger partial charge in [-0.2, -0.15) is 0 Å². The van der Waals surface area contributed by atoms with Gasteiger partial charge in [0.25, 0.3) is 0 Å². The van der Waals surface area contributed by atoms with Crippen molar-refractivity contribution in [2.45, 2.75) is 18.5 Å². The van der Waals surface area contributed by atoms with Crippen LogP contribution in [0, 0.1) is 6.92 Å². The van der Waals surface area contributed by atoms with Crippen LogP contribution < -0.4 is 5.73 Å². The molecule has 0 bridgehead atoms. The molecule has 0 radical (unpaired) electrons. The summed E-state index contributed by atoms with van der Waals surface area (Å²) >= 11 is 1.60. The maximum Gasteiger partial charge on any atom is 0.189 e. The highest BCUT2D eigenvalue weighted by Gasteiger charge is 2.00. The molecule has 0 aliphatic heterocycles. The Morgan fingerprint density at radius 1 is 1.29 bits per heavy atom. The fourth-order valence-electron chi connectivity index (χ4n) is 1.20. The van der Waals surface area contributed by atoms with Gasteiger partial charge in [-0.3, -0.25) is 0 Å². The molecule has 0 saturated carbocycles. The van der Waals surface area contributed by atoms with E-state index in [1.54, 1.807) is 24.9 Å². The third-order valence-electron chi connectivity index (χ3n) is 1.95. The van der Waals surface area contributed by atoms with Crippen LogP contribution in [0.3, 0.4) is 0 Å². The van der Waals surface area contributed by atoms with Crippen molar-refractivity contribution >= 4 is 17.6 Å². The van der Waals surface area contributed by atoms with Crippen LogP contribution in [0.25, 0.3) is 0 Å². The van der Waals surface area contributed by atoms with Crippen LogP contribution in [0.4, 0.5) is 5.82 Å². The predicted octanol–water partition coefficient (Wildman–Crippen LogP) is 1.51. The Hall–Kier alpha value is -0.850.